The van der Waals surface area contributed by atoms with Crippen LogP contribution in [-0.2, 0) is 4.79 Å². The fourth-order valence-corrected chi connectivity index (χ4v) is 3.84. The Labute approximate surface area is 165 Å². The van der Waals surface area contributed by atoms with Crippen molar-refractivity contribution in [3.63, 3.8) is 0 Å². The molecule has 26 heavy (non-hydrogen) atoms. The monoisotopic (exact) mass is 390 g/mol. The smallest absolute Gasteiger partial charge is 0.225 e. The molecule has 1 aliphatic rings. The fraction of sp³-hybridized carbons (Fsp3) is 0.381. The lowest BCUT2D eigenvalue weighted by molar-refractivity contribution is -0.116. The molecular weight excluding hydrogens is 367 g/mol. The summed E-state index contributed by atoms with van der Waals surface area (Å²) < 4.78 is 0. The van der Waals surface area contributed by atoms with Gasteiger partial charge in [0, 0.05) is 24.7 Å². The topological polar surface area (TPSA) is 41.1 Å². The summed E-state index contributed by atoms with van der Waals surface area (Å²) in [5.41, 5.74) is 2.12. The van der Waals surface area contributed by atoms with Crippen molar-refractivity contribution >= 4 is 34.8 Å². The van der Waals surface area contributed by atoms with Gasteiger partial charge in [0.15, 0.2) is 0 Å². The minimum absolute atomic E-state index is 0.0196. The van der Waals surface area contributed by atoms with E-state index in [-0.39, 0.29) is 5.91 Å². The van der Waals surface area contributed by atoms with Gasteiger partial charge in [0.2, 0.25) is 5.91 Å². The van der Waals surface area contributed by atoms with Gasteiger partial charge in [-0.15, -0.1) is 0 Å². The predicted molar refractivity (Wildman–Crippen MR) is 109 cm³/mol. The number of carbonyl (C=O) groups excluding carboxylic acids is 1. The van der Waals surface area contributed by atoms with E-state index in [0.717, 1.165) is 12.8 Å². The van der Waals surface area contributed by atoms with Crippen LogP contribution in [0.1, 0.15) is 43.6 Å². The normalized spacial score (nSPS) is 19.9. The first kappa shape index (κ1) is 19.2. The van der Waals surface area contributed by atoms with Gasteiger partial charge in [-0.1, -0.05) is 53.5 Å². The Morgan fingerprint density at radius 1 is 0.962 bits per heavy atom. The van der Waals surface area contributed by atoms with Crippen molar-refractivity contribution in [1.82, 2.24) is 5.32 Å². The molecule has 0 spiro atoms. The van der Waals surface area contributed by atoms with Gasteiger partial charge in [0.1, 0.15) is 0 Å². The average Bonchev–Trinajstić information content (AvgIpc) is 2.66. The zero-order valence-electron chi connectivity index (χ0n) is 14.7. The van der Waals surface area contributed by atoms with E-state index in [1.807, 2.05) is 0 Å². The minimum Gasteiger partial charge on any atom is -0.326 e. The van der Waals surface area contributed by atoms with Crippen LogP contribution in [0.25, 0.3) is 0 Å². The largest absolute Gasteiger partial charge is 0.326 e. The number of carbonyl (C=O) groups is 1. The van der Waals surface area contributed by atoms with E-state index >= 15 is 0 Å². The summed E-state index contributed by atoms with van der Waals surface area (Å²) in [7, 11) is 0. The summed E-state index contributed by atoms with van der Waals surface area (Å²) in [6.45, 7) is 0.688. The molecular formula is C21H24Cl2N2O. The lowest BCUT2D eigenvalue weighted by atomic mass is 9.82. The number of amides is 1. The van der Waals surface area contributed by atoms with E-state index in [4.69, 9.17) is 23.2 Å². The molecule has 1 saturated carbocycles. The molecule has 2 aromatic carbocycles. The number of rotatable bonds is 6. The fourth-order valence-electron chi connectivity index (χ4n) is 3.54. The molecule has 2 aromatic rings. The quantitative estimate of drug-likeness (QED) is 0.669. The van der Waals surface area contributed by atoms with Crippen molar-refractivity contribution in [3.8, 4) is 0 Å². The summed E-state index contributed by atoms with van der Waals surface area (Å²) in [5.74, 6) is 0.654. The second-order valence-corrected chi connectivity index (χ2v) is 7.65. The lowest BCUT2D eigenvalue weighted by Gasteiger charge is -2.29. The molecule has 0 aliphatic heterocycles. The highest BCUT2D eigenvalue weighted by atomic mass is 35.5. The SMILES string of the molecule is O=C(CCNC1CCC(c2ccccc2)CC1)Nc1ccc(Cl)c(Cl)c1. The van der Waals surface area contributed by atoms with Gasteiger partial charge in [-0.25, -0.2) is 0 Å². The van der Waals surface area contributed by atoms with Gasteiger partial charge >= 0.3 is 0 Å². The number of halogens is 2. The first-order valence-electron chi connectivity index (χ1n) is 9.15. The number of benzene rings is 2. The molecule has 2 N–H and O–H groups in total. The second kappa shape index (κ2) is 9.40. The molecule has 0 bridgehead atoms. The molecule has 138 valence electrons. The third kappa shape index (κ3) is 5.47. The zero-order chi connectivity index (χ0) is 18.4. The van der Waals surface area contributed by atoms with E-state index < -0.39 is 0 Å². The molecule has 1 aliphatic carbocycles. The van der Waals surface area contributed by atoms with Crippen LogP contribution >= 0.6 is 23.2 Å². The molecule has 0 unspecified atom stereocenters. The van der Waals surface area contributed by atoms with Crippen LogP contribution in [0.4, 0.5) is 5.69 Å². The summed E-state index contributed by atoms with van der Waals surface area (Å²) in [6, 6.07) is 16.4. The Hall–Kier alpha value is -1.55. The van der Waals surface area contributed by atoms with Crippen LogP contribution in [0.2, 0.25) is 10.0 Å². The van der Waals surface area contributed by atoms with E-state index in [0.29, 0.717) is 40.7 Å². The zero-order valence-corrected chi connectivity index (χ0v) is 16.2. The van der Waals surface area contributed by atoms with Gasteiger partial charge in [-0.3, -0.25) is 4.79 Å². The van der Waals surface area contributed by atoms with Crippen molar-refractivity contribution < 1.29 is 4.79 Å². The molecule has 0 saturated heterocycles. The van der Waals surface area contributed by atoms with Crippen LogP contribution in [0, 0.1) is 0 Å². The Morgan fingerprint density at radius 3 is 2.38 bits per heavy atom. The van der Waals surface area contributed by atoms with Crippen molar-refractivity contribution in [2.75, 3.05) is 11.9 Å². The van der Waals surface area contributed by atoms with Gasteiger partial charge in [-0.2, -0.15) is 0 Å². The molecule has 1 amide bonds. The van der Waals surface area contributed by atoms with Crippen LogP contribution < -0.4 is 10.6 Å². The molecule has 3 nitrogen and oxygen atoms in total. The second-order valence-electron chi connectivity index (χ2n) is 6.84. The Morgan fingerprint density at radius 2 is 1.69 bits per heavy atom. The van der Waals surface area contributed by atoms with Crippen LogP contribution in [0.15, 0.2) is 48.5 Å². The molecule has 1 fully saturated rings. The molecule has 0 heterocycles. The molecule has 0 atom stereocenters. The van der Waals surface area contributed by atoms with Crippen molar-refractivity contribution in [1.29, 1.82) is 0 Å². The third-order valence-electron chi connectivity index (χ3n) is 4.99. The maximum atomic E-state index is 12.1. The van der Waals surface area contributed by atoms with Crippen molar-refractivity contribution in [3.05, 3.63) is 64.1 Å². The number of nitrogens with one attached hydrogen (secondary N) is 2. The van der Waals surface area contributed by atoms with Crippen LogP contribution in [-0.4, -0.2) is 18.5 Å². The lowest BCUT2D eigenvalue weighted by Crippen LogP contribution is -2.34. The van der Waals surface area contributed by atoms with E-state index in [1.54, 1.807) is 18.2 Å². The molecule has 0 radical (unpaired) electrons. The number of anilines is 1. The van der Waals surface area contributed by atoms with E-state index in [9.17, 15) is 4.79 Å². The third-order valence-corrected chi connectivity index (χ3v) is 5.73. The predicted octanol–water partition coefficient (Wildman–Crippen LogP) is 5.64. The van der Waals surface area contributed by atoms with Gasteiger partial charge in [0.25, 0.3) is 0 Å². The molecule has 0 aromatic heterocycles. The minimum atomic E-state index is -0.0196. The van der Waals surface area contributed by atoms with E-state index in [1.165, 1.54) is 18.4 Å². The van der Waals surface area contributed by atoms with Gasteiger partial charge in [0.05, 0.1) is 10.0 Å². The first-order valence-corrected chi connectivity index (χ1v) is 9.90. The van der Waals surface area contributed by atoms with Crippen LogP contribution in [0.3, 0.4) is 0 Å². The van der Waals surface area contributed by atoms with Crippen LogP contribution in [0.5, 0.6) is 0 Å². The highest BCUT2D eigenvalue weighted by Gasteiger charge is 2.21. The van der Waals surface area contributed by atoms with Gasteiger partial charge < -0.3 is 10.6 Å². The number of hydrogen-bond donors (Lipinski definition) is 2. The van der Waals surface area contributed by atoms with E-state index in [2.05, 4.69) is 41.0 Å². The Balaban J connectivity index is 1.36. The summed E-state index contributed by atoms with van der Waals surface area (Å²) >= 11 is 11.8. The number of hydrogen-bond acceptors (Lipinski definition) is 2. The van der Waals surface area contributed by atoms with Crippen molar-refractivity contribution in [2.45, 2.75) is 44.1 Å². The maximum absolute atomic E-state index is 12.1. The Kier molecular flexibility index (Phi) is 6.95. The summed E-state index contributed by atoms with van der Waals surface area (Å²) in [4.78, 5) is 12.1. The molecule has 3 rings (SSSR count). The standard InChI is InChI=1S/C21H24Cl2N2O/c22-19-11-10-18(14-20(19)23)25-21(26)12-13-24-17-8-6-16(7-9-17)15-4-2-1-3-5-15/h1-5,10-11,14,16-17,24H,6-9,12-13H2,(H,25,26). The average molecular weight is 391 g/mol. The van der Waals surface area contributed by atoms with Crippen molar-refractivity contribution in [2.24, 2.45) is 0 Å². The highest BCUT2D eigenvalue weighted by Crippen LogP contribution is 2.32. The highest BCUT2D eigenvalue weighted by molar-refractivity contribution is 6.42. The first-order chi connectivity index (χ1) is 12.6. The Bertz CT molecular complexity index is 728. The molecule has 5 heteroatoms. The summed E-state index contributed by atoms with van der Waals surface area (Å²) in [6.07, 6.45) is 5.18. The van der Waals surface area contributed by atoms with Gasteiger partial charge in [-0.05, 0) is 55.4 Å². The summed E-state index contributed by atoms with van der Waals surface area (Å²) in [5, 5.41) is 7.30. The maximum Gasteiger partial charge on any atom is 0.225 e.